The van der Waals surface area contributed by atoms with Gasteiger partial charge in [-0.15, -0.1) is 0 Å². The minimum absolute atomic E-state index is 0.231. The summed E-state index contributed by atoms with van der Waals surface area (Å²) in [4.78, 5) is 15.5. The number of benzene rings is 1. The zero-order valence-corrected chi connectivity index (χ0v) is 16.6. The molecule has 0 saturated carbocycles. The molecule has 2 fully saturated rings. The molecule has 0 amide bonds. The molecule has 2 aliphatic heterocycles. The lowest BCUT2D eigenvalue weighted by molar-refractivity contribution is 0.215. The van der Waals surface area contributed by atoms with Gasteiger partial charge in [-0.05, 0) is 50.4 Å². The molecule has 1 aromatic carbocycles. The molecule has 5 rings (SSSR count). The first-order valence-corrected chi connectivity index (χ1v) is 10.5. The molecular weight excluding hydrogens is 360 g/mol. The molecular formula is C23H26N6. The molecule has 4 heterocycles. The van der Waals surface area contributed by atoms with Gasteiger partial charge >= 0.3 is 0 Å². The number of para-hydroxylation sites is 2. The summed E-state index contributed by atoms with van der Waals surface area (Å²) in [6.07, 6.45) is 7.95. The van der Waals surface area contributed by atoms with Crippen LogP contribution >= 0.6 is 0 Å². The summed E-state index contributed by atoms with van der Waals surface area (Å²) in [5.41, 5.74) is 3.91. The van der Waals surface area contributed by atoms with Crippen molar-refractivity contribution < 1.29 is 0 Å². The van der Waals surface area contributed by atoms with Crippen LogP contribution in [0.4, 0.5) is 11.6 Å². The fourth-order valence-corrected chi connectivity index (χ4v) is 4.88. The summed E-state index contributed by atoms with van der Waals surface area (Å²) >= 11 is 0. The smallest absolute Gasteiger partial charge is 0.206 e. The lowest BCUT2D eigenvalue weighted by Gasteiger charge is -2.46. The SMILES string of the molecule is [C-]#[N+]c1ccc(Cn2c(N3CCC[C@]4(CCCCN4)C3)nc3ccccc32)nc1. The highest BCUT2D eigenvalue weighted by Crippen LogP contribution is 2.33. The van der Waals surface area contributed by atoms with Crippen LogP contribution in [-0.4, -0.2) is 39.7 Å². The Balaban J connectivity index is 1.51. The summed E-state index contributed by atoms with van der Waals surface area (Å²) in [5.74, 6) is 1.04. The van der Waals surface area contributed by atoms with Crippen molar-refractivity contribution >= 4 is 22.7 Å². The molecule has 2 saturated heterocycles. The molecule has 1 atom stereocenters. The van der Waals surface area contributed by atoms with Gasteiger partial charge in [0.1, 0.15) is 0 Å². The number of nitrogens with one attached hydrogen (secondary N) is 1. The highest BCUT2D eigenvalue weighted by atomic mass is 15.3. The summed E-state index contributed by atoms with van der Waals surface area (Å²) in [6.45, 7) is 11.0. The van der Waals surface area contributed by atoms with E-state index in [0.717, 1.165) is 42.3 Å². The van der Waals surface area contributed by atoms with Gasteiger partial charge in [-0.1, -0.05) is 24.6 Å². The third-order valence-electron chi connectivity index (χ3n) is 6.33. The zero-order chi connectivity index (χ0) is 19.7. The first kappa shape index (κ1) is 18.1. The van der Waals surface area contributed by atoms with Crippen molar-refractivity contribution in [2.75, 3.05) is 24.5 Å². The maximum Gasteiger partial charge on any atom is 0.206 e. The van der Waals surface area contributed by atoms with Crippen LogP contribution in [0.1, 0.15) is 37.8 Å². The zero-order valence-electron chi connectivity index (χ0n) is 16.6. The minimum atomic E-state index is 0.231. The van der Waals surface area contributed by atoms with Crippen LogP contribution < -0.4 is 10.2 Å². The van der Waals surface area contributed by atoms with Crippen LogP contribution in [0.5, 0.6) is 0 Å². The Bertz CT molecular complexity index is 1030. The highest BCUT2D eigenvalue weighted by molar-refractivity contribution is 5.79. The number of imidazole rings is 1. The van der Waals surface area contributed by atoms with E-state index in [1.807, 2.05) is 18.2 Å². The predicted octanol–water partition coefficient (Wildman–Crippen LogP) is 4.14. The van der Waals surface area contributed by atoms with E-state index in [2.05, 4.69) is 42.8 Å². The largest absolute Gasteiger partial charge is 0.340 e. The number of nitrogens with zero attached hydrogens (tertiary/aromatic N) is 5. The van der Waals surface area contributed by atoms with Gasteiger partial charge in [0.2, 0.25) is 11.6 Å². The Morgan fingerprint density at radius 2 is 2.00 bits per heavy atom. The average molecular weight is 387 g/mol. The first-order chi connectivity index (χ1) is 14.3. The van der Waals surface area contributed by atoms with Gasteiger partial charge in [-0.3, -0.25) is 4.98 Å². The molecule has 0 bridgehead atoms. The van der Waals surface area contributed by atoms with E-state index in [0.29, 0.717) is 12.2 Å². The topological polar surface area (TPSA) is 50.3 Å². The van der Waals surface area contributed by atoms with Crippen LogP contribution in [0.3, 0.4) is 0 Å². The van der Waals surface area contributed by atoms with E-state index < -0.39 is 0 Å². The van der Waals surface area contributed by atoms with Crippen LogP contribution in [0.2, 0.25) is 0 Å². The van der Waals surface area contributed by atoms with Crippen molar-refractivity contribution in [1.29, 1.82) is 0 Å². The van der Waals surface area contributed by atoms with Crippen LogP contribution in [0.15, 0.2) is 42.6 Å². The van der Waals surface area contributed by atoms with Crippen molar-refractivity contribution in [3.8, 4) is 0 Å². The number of anilines is 1. The molecule has 3 aromatic rings. The molecule has 0 aliphatic carbocycles. The van der Waals surface area contributed by atoms with Crippen molar-refractivity contribution in [1.82, 2.24) is 19.9 Å². The van der Waals surface area contributed by atoms with Gasteiger partial charge in [0, 0.05) is 24.8 Å². The molecule has 6 nitrogen and oxygen atoms in total. The molecule has 0 radical (unpaired) electrons. The molecule has 2 aromatic heterocycles. The van der Waals surface area contributed by atoms with Crippen LogP contribution in [0.25, 0.3) is 15.9 Å². The number of fused-ring (bicyclic) bond motifs is 1. The standard InChI is InChI=1S/C23H26N6/c1-24-18-9-10-19(25-15-18)16-29-21-8-3-2-7-20(21)27-22(29)28-14-6-12-23(17-28)11-4-5-13-26-23/h2-3,7-10,15,26H,4-6,11-14,16-17H2/t23-/m1/s1. The maximum atomic E-state index is 7.14. The number of piperidine rings is 2. The van der Waals surface area contributed by atoms with Gasteiger partial charge in [0.15, 0.2) is 0 Å². The molecule has 1 N–H and O–H groups in total. The minimum Gasteiger partial charge on any atom is -0.340 e. The van der Waals surface area contributed by atoms with Crippen molar-refractivity contribution in [2.24, 2.45) is 0 Å². The van der Waals surface area contributed by atoms with Crippen molar-refractivity contribution in [3.63, 3.8) is 0 Å². The van der Waals surface area contributed by atoms with Crippen molar-refractivity contribution in [3.05, 3.63) is 59.7 Å². The number of rotatable bonds is 3. The van der Waals surface area contributed by atoms with Gasteiger partial charge in [0.05, 0.1) is 29.8 Å². The third-order valence-corrected chi connectivity index (χ3v) is 6.33. The normalized spacial score (nSPS) is 22.1. The summed E-state index contributed by atoms with van der Waals surface area (Å²) in [6, 6.07) is 12.1. The lowest BCUT2D eigenvalue weighted by Crippen LogP contribution is -2.59. The second kappa shape index (κ2) is 7.49. The van der Waals surface area contributed by atoms with Gasteiger partial charge < -0.3 is 14.8 Å². The second-order valence-electron chi connectivity index (χ2n) is 8.30. The molecule has 29 heavy (non-hydrogen) atoms. The van der Waals surface area contributed by atoms with Gasteiger partial charge in [-0.25, -0.2) is 9.83 Å². The van der Waals surface area contributed by atoms with Crippen LogP contribution in [-0.2, 0) is 6.54 Å². The van der Waals surface area contributed by atoms with Crippen molar-refractivity contribution in [2.45, 2.75) is 44.2 Å². The molecule has 2 aliphatic rings. The van der Waals surface area contributed by atoms with Gasteiger partial charge in [0.25, 0.3) is 0 Å². The Labute approximate surface area is 171 Å². The highest BCUT2D eigenvalue weighted by Gasteiger charge is 2.37. The lowest BCUT2D eigenvalue weighted by atomic mass is 9.82. The van der Waals surface area contributed by atoms with Gasteiger partial charge in [-0.2, -0.15) is 0 Å². The number of pyridine rings is 1. The molecule has 6 heteroatoms. The predicted molar refractivity (Wildman–Crippen MR) is 115 cm³/mol. The Hall–Kier alpha value is -2.91. The third kappa shape index (κ3) is 3.47. The number of aromatic nitrogens is 3. The second-order valence-corrected chi connectivity index (χ2v) is 8.30. The molecule has 0 unspecified atom stereocenters. The Morgan fingerprint density at radius 1 is 1.10 bits per heavy atom. The number of hydrogen-bond acceptors (Lipinski definition) is 4. The average Bonchev–Trinajstić information content (AvgIpc) is 3.13. The summed E-state index contributed by atoms with van der Waals surface area (Å²) in [7, 11) is 0. The van der Waals surface area contributed by atoms with Crippen LogP contribution in [0, 0.1) is 6.57 Å². The summed E-state index contributed by atoms with van der Waals surface area (Å²) in [5, 5.41) is 3.83. The quantitative estimate of drug-likeness (QED) is 0.687. The molecule has 1 spiro atoms. The Morgan fingerprint density at radius 3 is 2.79 bits per heavy atom. The fraction of sp³-hybridized carbons (Fsp3) is 0.435. The fourth-order valence-electron chi connectivity index (χ4n) is 4.88. The Kier molecular flexibility index (Phi) is 4.69. The van der Waals surface area contributed by atoms with E-state index in [4.69, 9.17) is 11.6 Å². The van der Waals surface area contributed by atoms with E-state index in [9.17, 15) is 0 Å². The van der Waals surface area contributed by atoms with E-state index in [-0.39, 0.29) is 5.54 Å². The van der Waals surface area contributed by atoms with E-state index in [1.54, 1.807) is 6.20 Å². The summed E-state index contributed by atoms with van der Waals surface area (Å²) < 4.78 is 2.29. The monoisotopic (exact) mass is 386 g/mol. The van der Waals surface area contributed by atoms with E-state index in [1.165, 1.54) is 32.1 Å². The number of hydrogen-bond donors (Lipinski definition) is 1. The molecule has 148 valence electrons. The first-order valence-electron chi connectivity index (χ1n) is 10.5. The maximum absolute atomic E-state index is 7.14. The van der Waals surface area contributed by atoms with E-state index >= 15 is 0 Å².